The lowest BCUT2D eigenvalue weighted by Crippen LogP contribution is -2.45. The molecule has 2 aliphatic heterocycles. The van der Waals surface area contributed by atoms with Gasteiger partial charge in [-0.25, -0.2) is 0 Å². The summed E-state index contributed by atoms with van der Waals surface area (Å²) in [4.78, 5) is 5.11. The van der Waals surface area contributed by atoms with Gasteiger partial charge in [0.05, 0.1) is 0 Å². The highest BCUT2D eigenvalue weighted by molar-refractivity contribution is 9.10. The number of hydrogen-bond donors (Lipinski definition) is 0. The molecule has 2 aliphatic rings. The maximum absolute atomic E-state index is 3.59. The van der Waals surface area contributed by atoms with Gasteiger partial charge in [-0.3, -0.25) is 0 Å². The summed E-state index contributed by atoms with van der Waals surface area (Å²) in [7, 11) is 2.23. The summed E-state index contributed by atoms with van der Waals surface area (Å²) in [6.45, 7) is 3.73. The molecule has 98 valence electrons. The Balaban J connectivity index is 1.82. The van der Waals surface area contributed by atoms with Crippen LogP contribution in [0.25, 0.3) is 0 Å². The van der Waals surface area contributed by atoms with Crippen molar-refractivity contribution in [1.29, 1.82) is 0 Å². The molecule has 0 saturated carbocycles. The van der Waals surface area contributed by atoms with E-state index in [1.165, 1.54) is 61.0 Å². The summed E-state index contributed by atoms with van der Waals surface area (Å²) in [6, 6.07) is 7.54. The molecule has 18 heavy (non-hydrogen) atoms. The van der Waals surface area contributed by atoms with E-state index in [4.69, 9.17) is 0 Å². The molecule has 0 aliphatic carbocycles. The number of piperidine rings is 1. The molecule has 0 atom stereocenters. The van der Waals surface area contributed by atoms with Gasteiger partial charge < -0.3 is 9.80 Å². The van der Waals surface area contributed by atoms with Crippen LogP contribution in [-0.2, 0) is 6.42 Å². The van der Waals surface area contributed by atoms with Crippen molar-refractivity contribution in [3.63, 3.8) is 0 Å². The number of benzene rings is 1. The van der Waals surface area contributed by atoms with Crippen LogP contribution in [-0.4, -0.2) is 37.6 Å². The molecular formula is C15H21BrN2. The van der Waals surface area contributed by atoms with Crippen molar-refractivity contribution in [2.75, 3.05) is 31.6 Å². The normalized spacial score (nSPS) is 22.0. The number of nitrogens with zero attached hydrogens (tertiary/aromatic N) is 2. The first kappa shape index (κ1) is 12.5. The Kier molecular flexibility index (Phi) is 3.62. The van der Waals surface area contributed by atoms with Crippen LogP contribution in [0.3, 0.4) is 0 Å². The quantitative estimate of drug-likeness (QED) is 0.785. The highest BCUT2D eigenvalue weighted by Gasteiger charge is 2.26. The van der Waals surface area contributed by atoms with E-state index in [9.17, 15) is 0 Å². The number of aryl methyl sites for hydroxylation is 1. The Morgan fingerprint density at radius 3 is 2.72 bits per heavy atom. The maximum Gasteiger partial charge on any atom is 0.0402 e. The van der Waals surface area contributed by atoms with Crippen molar-refractivity contribution in [3.05, 3.63) is 28.2 Å². The van der Waals surface area contributed by atoms with Gasteiger partial charge in [-0.05, 0) is 69.6 Å². The summed E-state index contributed by atoms with van der Waals surface area (Å²) >= 11 is 3.59. The Labute approximate surface area is 118 Å². The largest absolute Gasteiger partial charge is 0.368 e. The van der Waals surface area contributed by atoms with Crippen molar-refractivity contribution < 1.29 is 0 Å². The molecule has 0 amide bonds. The lowest BCUT2D eigenvalue weighted by molar-refractivity contribution is 0.248. The number of halogens is 1. The zero-order valence-electron chi connectivity index (χ0n) is 11.0. The number of rotatable bonds is 1. The lowest BCUT2D eigenvalue weighted by Gasteiger charge is -2.41. The van der Waals surface area contributed by atoms with E-state index >= 15 is 0 Å². The fraction of sp³-hybridized carbons (Fsp3) is 0.600. The van der Waals surface area contributed by atoms with E-state index < -0.39 is 0 Å². The summed E-state index contributed by atoms with van der Waals surface area (Å²) in [5.41, 5.74) is 3.01. The standard InChI is InChI=1S/C15H21BrN2/c1-17-9-6-14(7-10-17)18-8-2-3-12-11-13(16)4-5-15(12)18/h4-5,11,14H,2-3,6-10H2,1H3. The van der Waals surface area contributed by atoms with Gasteiger partial charge >= 0.3 is 0 Å². The van der Waals surface area contributed by atoms with E-state index in [0.29, 0.717) is 0 Å². The first-order valence-electron chi connectivity index (χ1n) is 6.97. The maximum atomic E-state index is 3.59. The molecule has 1 aromatic rings. The van der Waals surface area contributed by atoms with E-state index in [1.54, 1.807) is 0 Å². The molecule has 0 unspecified atom stereocenters. The van der Waals surface area contributed by atoms with Crippen molar-refractivity contribution >= 4 is 21.6 Å². The minimum atomic E-state index is 0.751. The second-order valence-corrected chi connectivity index (χ2v) is 6.52. The smallest absolute Gasteiger partial charge is 0.0402 e. The molecular weight excluding hydrogens is 288 g/mol. The Morgan fingerprint density at radius 1 is 1.17 bits per heavy atom. The topological polar surface area (TPSA) is 6.48 Å². The van der Waals surface area contributed by atoms with E-state index in [2.05, 4.69) is 51.0 Å². The molecule has 0 radical (unpaired) electrons. The van der Waals surface area contributed by atoms with Crippen LogP contribution >= 0.6 is 15.9 Å². The first-order chi connectivity index (χ1) is 8.74. The summed E-state index contributed by atoms with van der Waals surface area (Å²) in [5.74, 6) is 0. The van der Waals surface area contributed by atoms with Crippen LogP contribution < -0.4 is 4.90 Å². The Hall–Kier alpha value is -0.540. The number of likely N-dealkylation sites (tertiary alicyclic amines) is 1. The van der Waals surface area contributed by atoms with Crippen molar-refractivity contribution in [1.82, 2.24) is 4.90 Å². The SMILES string of the molecule is CN1CCC(N2CCCc3cc(Br)ccc32)CC1. The van der Waals surface area contributed by atoms with Gasteiger partial charge in [-0.15, -0.1) is 0 Å². The van der Waals surface area contributed by atoms with Crippen LogP contribution in [0.4, 0.5) is 5.69 Å². The zero-order valence-corrected chi connectivity index (χ0v) is 12.6. The van der Waals surface area contributed by atoms with E-state index in [1.807, 2.05) is 0 Å². The molecule has 2 heterocycles. The van der Waals surface area contributed by atoms with Crippen molar-refractivity contribution in [3.8, 4) is 0 Å². The summed E-state index contributed by atoms with van der Waals surface area (Å²) < 4.78 is 1.21. The molecule has 0 bridgehead atoms. The molecule has 2 nitrogen and oxygen atoms in total. The fourth-order valence-corrected chi connectivity index (χ4v) is 3.69. The van der Waals surface area contributed by atoms with Gasteiger partial charge in [0.15, 0.2) is 0 Å². The Morgan fingerprint density at radius 2 is 1.94 bits per heavy atom. The molecule has 3 heteroatoms. The van der Waals surface area contributed by atoms with Gasteiger partial charge in [0.1, 0.15) is 0 Å². The molecule has 0 N–H and O–H groups in total. The van der Waals surface area contributed by atoms with E-state index in [-0.39, 0.29) is 0 Å². The third-order valence-electron chi connectivity index (χ3n) is 4.32. The van der Waals surface area contributed by atoms with Crippen LogP contribution in [0.15, 0.2) is 22.7 Å². The summed E-state index contributed by atoms with van der Waals surface area (Å²) in [5, 5.41) is 0. The highest BCUT2D eigenvalue weighted by atomic mass is 79.9. The molecule has 3 rings (SSSR count). The van der Waals surface area contributed by atoms with Crippen molar-refractivity contribution in [2.45, 2.75) is 31.7 Å². The van der Waals surface area contributed by atoms with Gasteiger partial charge in [-0.1, -0.05) is 15.9 Å². The Bertz CT molecular complexity index is 425. The van der Waals surface area contributed by atoms with Crippen LogP contribution in [0.2, 0.25) is 0 Å². The number of hydrogen-bond acceptors (Lipinski definition) is 2. The van der Waals surface area contributed by atoms with E-state index in [0.717, 1.165) is 6.04 Å². The minimum Gasteiger partial charge on any atom is -0.368 e. The van der Waals surface area contributed by atoms with Gasteiger partial charge in [-0.2, -0.15) is 0 Å². The minimum absolute atomic E-state index is 0.751. The lowest BCUT2D eigenvalue weighted by atomic mass is 9.96. The number of fused-ring (bicyclic) bond motifs is 1. The van der Waals surface area contributed by atoms with Crippen LogP contribution in [0.5, 0.6) is 0 Å². The molecule has 0 aromatic heterocycles. The molecule has 1 aromatic carbocycles. The first-order valence-corrected chi connectivity index (χ1v) is 7.77. The molecule has 0 spiro atoms. The molecule has 1 fully saturated rings. The second kappa shape index (κ2) is 5.22. The predicted molar refractivity (Wildman–Crippen MR) is 80.3 cm³/mol. The fourth-order valence-electron chi connectivity index (χ4n) is 3.28. The van der Waals surface area contributed by atoms with Gasteiger partial charge in [0, 0.05) is 22.7 Å². The van der Waals surface area contributed by atoms with Crippen molar-refractivity contribution in [2.24, 2.45) is 0 Å². The number of anilines is 1. The average Bonchev–Trinajstić information content (AvgIpc) is 2.38. The molecule has 1 saturated heterocycles. The third kappa shape index (κ3) is 2.43. The monoisotopic (exact) mass is 308 g/mol. The predicted octanol–water partition coefficient (Wildman–Crippen LogP) is 3.30. The third-order valence-corrected chi connectivity index (χ3v) is 4.82. The highest BCUT2D eigenvalue weighted by Crippen LogP contribution is 2.33. The average molecular weight is 309 g/mol. The van der Waals surface area contributed by atoms with Crippen LogP contribution in [0.1, 0.15) is 24.8 Å². The zero-order chi connectivity index (χ0) is 12.5. The second-order valence-electron chi connectivity index (χ2n) is 5.60. The van der Waals surface area contributed by atoms with Gasteiger partial charge in [0.25, 0.3) is 0 Å². The summed E-state index contributed by atoms with van der Waals surface area (Å²) in [6.07, 6.45) is 5.16. The van der Waals surface area contributed by atoms with Crippen LogP contribution in [0, 0.1) is 0 Å². The van der Waals surface area contributed by atoms with Gasteiger partial charge in [0.2, 0.25) is 0 Å².